The molecule has 1 N–H and O–H groups in total. The molecule has 0 atom stereocenters. The van der Waals surface area contributed by atoms with Crippen LogP contribution in [0.4, 0.5) is 11.4 Å². The first-order valence-corrected chi connectivity index (χ1v) is 9.37. The van der Waals surface area contributed by atoms with Crippen LogP contribution in [0.1, 0.15) is 10.4 Å². The van der Waals surface area contributed by atoms with Crippen LogP contribution in [0.5, 0.6) is 11.5 Å². The summed E-state index contributed by atoms with van der Waals surface area (Å²) in [6, 6.07) is 13.1. The predicted octanol–water partition coefficient (Wildman–Crippen LogP) is 3.26. The molecule has 3 rings (SSSR count). The van der Waals surface area contributed by atoms with E-state index in [0.717, 1.165) is 31.9 Å². The quantitative estimate of drug-likeness (QED) is 0.746. The van der Waals surface area contributed by atoms with E-state index in [0.29, 0.717) is 23.7 Å². The van der Waals surface area contributed by atoms with Crippen LogP contribution in [-0.2, 0) is 0 Å². The minimum Gasteiger partial charge on any atom is -0.493 e. The van der Waals surface area contributed by atoms with E-state index in [2.05, 4.69) is 28.7 Å². The number of methoxy groups -OCH3 is 1. The number of anilines is 2. The molecule has 148 valence electrons. The van der Waals surface area contributed by atoms with Crippen molar-refractivity contribution in [3.05, 3.63) is 60.7 Å². The number of benzene rings is 2. The van der Waals surface area contributed by atoms with Gasteiger partial charge in [0.1, 0.15) is 6.61 Å². The van der Waals surface area contributed by atoms with Gasteiger partial charge in [0.05, 0.1) is 7.11 Å². The van der Waals surface area contributed by atoms with Crippen LogP contribution in [0, 0.1) is 0 Å². The van der Waals surface area contributed by atoms with Gasteiger partial charge in [-0.1, -0.05) is 12.7 Å². The molecular formula is C22H27N3O3. The summed E-state index contributed by atoms with van der Waals surface area (Å²) in [5, 5.41) is 2.93. The minimum absolute atomic E-state index is 0.194. The molecule has 1 aliphatic rings. The first-order chi connectivity index (χ1) is 13.6. The predicted molar refractivity (Wildman–Crippen MR) is 113 cm³/mol. The first-order valence-electron chi connectivity index (χ1n) is 9.37. The monoisotopic (exact) mass is 381 g/mol. The molecule has 1 saturated heterocycles. The molecule has 1 amide bonds. The van der Waals surface area contributed by atoms with Crippen LogP contribution < -0.4 is 19.7 Å². The topological polar surface area (TPSA) is 54.0 Å². The highest BCUT2D eigenvalue weighted by molar-refractivity contribution is 6.04. The third-order valence-electron chi connectivity index (χ3n) is 4.78. The molecule has 1 aliphatic heterocycles. The van der Waals surface area contributed by atoms with Gasteiger partial charge in [-0.05, 0) is 49.5 Å². The number of nitrogens with zero attached hydrogens (tertiary/aromatic N) is 2. The molecule has 2 aromatic rings. The van der Waals surface area contributed by atoms with Crippen molar-refractivity contribution in [3.63, 3.8) is 0 Å². The van der Waals surface area contributed by atoms with Crippen molar-refractivity contribution in [1.82, 2.24) is 4.90 Å². The fraction of sp³-hybridized carbons (Fsp3) is 0.318. The van der Waals surface area contributed by atoms with Crippen molar-refractivity contribution >= 4 is 17.3 Å². The zero-order chi connectivity index (χ0) is 19.9. The maximum atomic E-state index is 12.6. The number of nitrogens with one attached hydrogen (secondary N) is 1. The Morgan fingerprint density at radius 3 is 2.46 bits per heavy atom. The molecular weight excluding hydrogens is 354 g/mol. The van der Waals surface area contributed by atoms with Gasteiger partial charge in [-0.15, -0.1) is 0 Å². The lowest BCUT2D eigenvalue weighted by atomic mass is 10.1. The third kappa shape index (κ3) is 4.84. The highest BCUT2D eigenvalue weighted by atomic mass is 16.5. The smallest absolute Gasteiger partial charge is 0.255 e. The zero-order valence-corrected chi connectivity index (χ0v) is 16.5. The molecule has 0 aliphatic carbocycles. The molecule has 0 unspecified atom stereocenters. The van der Waals surface area contributed by atoms with Crippen molar-refractivity contribution in [2.45, 2.75) is 0 Å². The molecule has 2 aromatic carbocycles. The van der Waals surface area contributed by atoms with E-state index in [4.69, 9.17) is 9.47 Å². The molecule has 0 bridgehead atoms. The van der Waals surface area contributed by atoms with Gasteiger partial charge in [0.2, 0.25) is 0 Å². The molecule has 6 nitrogen and oxygen atoms in total. The van der Waals surface area contributed by atoms with E-state index in [1.165, 1.54) is 5.69 Å². The Morgan fingerprint density at radius 1 is 1.11 bits per heavy atom. The van der Waals surface area contributed by atoms with E-state index in [1.807, 2.05) is 24.3 Å². The van der Waals surface area contributed by atoms with Gasteiger partial charge in [-0.25, -0.2) is 0 Å². The Bertz CT molecular complexity index is 812. The number of ether oxygens (including phenoxy) is 2. The van der Waals surface area contributed by atoms with Crippen molar-refractivity contribution in [2.75, 3.05) is 57.2 Å². The summed E-state index contributed by atoms with van der Waals surface area (Å²) in [5.41, 5.74) is 2.44. The van der Waals surface area contributed by atoms with Crippen molar-refractivity contribution in [3.8, 4) is 11.5 Å². The van der Waals surface area contributed by atoms with Gasteiger partial charge in [0.15, 0.2) is 11.5 Å². The Labute approximate surface area is 166 Å². The van der Waals surface area contributed by atoms with Gasteiger partial charge in [-0.3, -0.25) is 4.79 Å². The van der Waals surface area contributed by atoms with Crippen molar-refractivity contribution in [2.24, 2.45) is 0 Å². The van der Waals surface area contributed by atoms with Gasteiger partial charge in [-0.2, -0.15) is 0 Å². The molecule has 0 radical (unpaired) electrons. The lowest BCUT2D eigenvalue weighted by Gasteiger charge is -2.34. The summed E-state index contributed by atoms with van der Waals surface area (Å²) in [7, 11) is 3.69. The molecule has 0 saturated carbocycles. The second-order valence-corrected chi connectivity index (χ2v) is 6.76. The summed E-state index contributed by atoms with van der Waals surface area (Å²) in [6.07, 6.45) is 1.66. The van der Waals surface area contributed by atoms with Crippen LogP contribution in [0.25, 0.3) is 0 Å². The van der Waals surface area contributed by atoms with E-state index >= 15 is 0 Å². The van der Waals surface area contributed by atoms with Crippen LogP contribution in [-0.4, -0.2) is 57.8 Å². The largest absolute Gasteiger partial charge is 0.493 e. The summed E-state index contributed by atoms with van der Waals surface area (Å²) >= 11 is 0. The summed E-state index contributed by atoms with van der Waals surface area (Å²) in [6.45, 7) is 8.16. The summed E-state index contributed by atoms with van der Waals surface area (Å²) < 4.78 is 10.9. The number of amides is 1. The van der Waals surface area contributed by atoms with E-state index in [9.17, 15) is 4.79 Å². The average Bonchev–Trinajstić information content (AvgIpc) is 2.73. The normalized spacial score (nSPS) is 14.4. The van der Waals surface area contributed by atoms with Crippen molar-refractivity contribution in [1.29, 1.82) is 0 Å². The molecule has 6 heteroatoms. The Balaban J connectivity index is 1.65. The molecule has 0 spiro atoms. The molecule has 1 heterocycles. The molecule has 0 aromatic heterocycles. The number of carbonyl (C=O) groups is 1. The Kier molecular flexibility index (Phi) is 6.55. The number of rotatable bonds is 7. The fourth-order valence-electron chi connectivity index (χ4n) is 3.10. The number of hydrogen-bond acceptors (Lipinski definition) is 5. The number of piperazine rings is 1. The van der Waals surface area contributed by atoms with Gasteiger partial charge >= 0.3 is 0 Å². The van der Waals surface area contributed by atoms with Gasteiger partial charge in [0.25, 0.3) is 5.91 Å². The number of hydrogen-bond donors (Lipinski definition) is 1. The molecule has 28 heavy (non-hydrogen) atoms. The maximum Gasteiger partial charge on any atom is 0.255 e. The lowest BCUT2D eigenvalue weighted by Crippen LogP contribution is -2.44. The van der Waals surface area contributed by atoms with Gasteiger partial charge in [0, 0.05) is 43.1 Å². The zero-order valence-electron chi connectivity index (χ0n) is 16.5. The van der Waals surface area contributed by atoms with Crippen LogP contribution >= 0.6 is 0 Å². The van der Waals surface area contributed by atoms with Crippen LogP contribution in [0.15, 0.2) is 55.1 Å². The average molecular weight is 381 g/mol. The third-order valence-corrected chi connectivity index (χ3v) is 4.78. The number of likely N-dealkylation sites (N-methyl/N-ethyl adjacent to an activating group) is 1. The first kappa shape index (κ1) is 19.8. The summed E-state index contributed by atoms with van der Waals surface area (Å²) in [5.74, 6) is 0.899. The minimum atomic E-state index is -0.194. The second kappa shape index (κ2) is 9.28. The lowest BCUT2D eigenvalue weighted by molar-refractivity contribution is 0.102. The van der Waals surface area contributed by atoms with Crippen LogP contribution in [0.2, 0.25) is 0 Å². The highest BCUT2D eigenvalue weighted by Gasteiger charge is 2.15. The van der Waals surface area contributed by atoms with Gasteiger partial charge < -0.3 is 24.6 Å². The standard InChI is InChI=1S/C22H27N3O3/c1-4-15-28-20-10-5-17(16-21(20)27-3)22(26)23-18-6-8-19(9-7-18)25-13-11-24(2)12-14-25/h4-10,16H,1,11-15H2,2-3H3,(H,23,26). The second-order valence-electron chi connectivity index (χ2n) is 6.76. The van der Waals surface area contributed by atoms with Crippen LogP contribution in [0.3, 0.4) is 0 Å². The van der Waals surface area contributed by atoms with E-state index in [-0.39, 0.29) is 5.91 Å². The number of carbonyl (C=O) groups excluding carboxylic acids is 1. The fourth-order valence-corrected chi connectivity index (χ4v) is 3.10. The maximum absolute atomic E-state index is 12.6. The summed E-state index contributed by atoms with van der Waals surface area (Å²) in [4.78, 5) is 17.3. The Hall–Kier alpha value is -2.99. The highest BCUT2D eigenvalue weighted by Crippen LogP contribution is 2.28. The van der Waals surface area contributed by atoms with E-state index < -0.39 is 0 Å². The van der Waals surface area contributed by atoms with E-state index in [1.54, 1.807) is 31.4 Å². The molecule has 1 fully saturated rings. The van der Waals surface area contributed by atoms with Crippen molar-refractivity contribution < 1.29 is 14.3 Å². The Morgan fingerprint density at radius 2 is 1.82 bits per heavy atom. The SMILES string of the molecule is C=CCOc1ccc(C(=O)Nc2ccc(N3CCN(C)CC3)cc2)cc1OC.